The third-order valence-electron chi connectivity index (χ3n) is 1.29. The van der Waals surface area contributed by atoms with Crippen molar-refractivity contribution in [2.45, 2.75) is 6.92 Å². The molecule has 0 saturated carbocycles. The van der Waals surface area contributed by atoms with Gasteiger partial charge in [0.25, 0.3) is 0 Å². The van der Waals surface area contributed by atoms with Crippen molar-refractivity contribution in [3.63, 3.8) is 0 Å². The Morgan fingerprint density at radius 1 is 1.62 bits per heavy atom. The number of ether oxygens (including phenoxy) is 1. The molecule has 1 rings (SSSR count). The number of anilines is 1. The Hall–Kier alpha value is -1.85. The molecule has 1 amide bonds. The fraction of sp³-hybridized carbons (Fsp3) is 0.286. The van der Waals surface area contributed by atoms with E-state index in [1.807, 2.05) is 0 Å². The van der Waals surface area contributed by atoms with Crippen LogP contribution < -0.4 is 5.32 Å². The predicted octanol–water partition coefficient (Wildman–Crippen LogP) is 0.155. The van der Waals surface area contributed by atoms with E-state index in [0.29, 0.717) is 5.82 Å². The Morgan fingerprint density at radius 2 is 2.31 bits per heavy atom. The highest BCUT2D eigenvalue weighted by Crippen LogP contribution is 2.05. The monoisotopic (exact) mass is 183 g/mol. The summed E-state index contributed by atoms with van der Waals surface area (Å²) in [4.78, 5) is 21.5. The summed E-state index contributed by atoms with van der Waals surface area (Å²) in [5, 5.41) is 8.51. The smallest absolute Gasteiger partial charge is 0.356 e. The van der Waals surface area contributed by atoms with Gasteiger partial charge >= 0.3 is 5.97 Å². The largest absolute Gasteiger partial charge is 0.464 e. The Kier molecular flexibility index (Phi) is 2.63. The number of amides is 1. The zero-order valence-corrected chi connectivity index (χ0v) is 7.25. The number of methoxy groups -OCH3 is 1. The van der Waals surface area contributed by atoms with E-state index in [9.17, 15) is 9.59 Å². The number of carbonyl (C=O) groups is 2. The van der Waals surface area contributed by atoms with Crippen molar-refractivity contribution in [1.29, 1.82) is 0 Å². The second-order valence-electron chi connectivity index (χ2n) is 2.34. The van der Waals surface area contributed by atoms with Gasteiger partial charge in [-0.15, -0.1) is 0 Å². The van der Waals surface area contributed by atoms with Crippen LogP contribution in [0.3, 0.4) is 0 Å². The standard InChI is InChI=1S/C7H9N3O3/c1-4(11)8-6-3-5(9-10-6)7(12)13-2/h3H,1-2H3,(H2,8,9,10,11). The minimum Gasteiger partial charge on any atom is -0.464 e. The van der Waals surface area contributed by atoms with E-state index in [4.69, 9.17) is 0 Å². The molecule has 2 N–H and O–H groups in total. The fourth-order valence-corrected chi connectivity index (χ4v) is 0.781. The number of nitrogens with zero attached hydrogens (tertiary/aromatic N) is 1. The summed E-state index contributed by atoms with van der Waals surface area (Å²) in [6.45, 7) is 1.35. The molecule has 0 spiro atoms. The third kappa shape index (κ3) is 2.29. The van der Waals surface area contributed by atoms with Gasteiger partial charge in [-0.2, -0.15) is 5.10 Å². The molecule has 0 saturated heterocycles. The molecule has 1 aromatic heterocycles. The first-order valence-corrected chi connectivity index (χ1v) is 3.55. The molecule has 0 aromatic carbocycles. The summed E-state index contributed by atoms with van der Waals surface area (Å²) in [5.41, 5.74) is 0.200. The molecule has 70 valence electrons. The van der Waals surface area contributed by atoms with E-state index in [-0.39, 0.29) is 11.6 Å². The Balaban J connectivity index is 2.74. The maximum Gasteiger partial charge on any atom is 0.356 e. The van der Waals surface area contributed by atoms with Crippen molar-refractivity contribution in [2.75, 3.05) is 12.4 Å². The molecule has 0 aliphatic heterocycles. The van der Waals surface area contributed by atoms with Gasteiger partial charge in [0, 0.05) is 13.0 Å². The molecule has 6 nitrogen and oxygen atoms in total. The molecule has 0 bridgehead atoms. The molecular weight excluding hydrogens is 174 g/mol. The fourth-order valence-electron chi connectivity index (χ4n) is 0.781. The summed E-state index contributed by atoms with van der Waals surface area (Å²) in [6.07, 6.45) is 0. The van der Waals surface area contributed by atoms with Gasteiger partial charge in [0.15, 0.2) is 5.82 Å². The Morgan fingerprint density at radius 3 is 2.85 bits per heavy atom. The summed E-state index contributed by atoms with van der Waals surface area (Å²) in [5.74, 6) is -0.472. The second kappa shape index (κ2) is 3.70. The minimum absolute atomic E-state index is 0.200. The zero-order chi connectivity index (χ0) is 9.84. The van der Waals surface area contributed by atoms with Gasteiger partial charge in [-0.1, -0.05) is 0 Å². The average Bonchev–Trinajstić information content (AvgIpc) is 2.50. The molecule has 6 heteroatoms. The molecule has 0 atom stereocenters. The normalized spacial score (nSPS) is 9.38. The number of hydrogen-bond acceptors (Lipinski definition) is 4. The third-order valence-corrected chi connectivity index (χ3v) is 1.29. The number of hydrogen-bond donors (Lipinski definition) is 2. The Labute approximate surface area is 74.3 Å². The first kappa shape index (κ1) is 9.24. The van der Waals surface area contributed by atoms with Gasteiger partial charge in [-0.3, -0.25) is 9.89 Å². The van der Waals surface area contributed by atoms with E-state index in [1.165, 1.54) is 20.1 Å². The number of carbonyl (C=O) groups excluding carboxylic acids is 2. The molecule has 0 unspecified atom stereocenters. The highest BCUT2D eigenvalue weighted by atomic mass is 16.5. The van der Waals surface area contributed by atoms with E-state index >= 15 is 0 Å². The van der Waals surface area contributed by atoms with Crippen LogP contribution >= 0.6 is 0 Å². The molecule has 0 aliphatic carbocycles. The minimum atomic E-state index is -0.524. The number of rotatable bonds is 2. The number of esters is 1. The van der Waals surface area contributed by atoms with Crippen LogP contribution in [0, 0.1) is 0 Å². The van der Waals surface area contributed by atoms with Crippen LogP contribution in [-0.2, 0) is 9.53 Å². The lowest BCUT2D eigenvalue weighted by Crippen LogP contribution is -2.05. The van der Waals surface area contributed by atoms with Crippen molar-refractivity contribution in [2.24, 2.45) is 0 Å². The lowest BCUT2D eigenvalue weighted by atomic mass is 10.4. The molecule has 1 heterocycles. The van der Waals surface area contributed by atoms with E-state index in [0.717, 1.165) is 0 Å². The summed E-state index contributed by atoms with van der Waals surface area (Å²) < 4.78 is 4.43. The summed E-state index contributed by atoms with van der Waals surface area (Å²) in [6, 6.07) is 1.40. The van der Waals surface area contributed by atoms with Crippen molar-refractivity contribution in [1.82, 2.24) is 10.2 Å². The van der Waals surface area contributed by atoms with Crippen LogP contribution in [0.5, 0.6) is 0 Å². The van der Waals surface area contributed by atoms with E-state index < -0.39 is 5.97 Å². The molecule has 13 heavy (non-hydrogen) atoms. The first-order valence-electron chi connectivity index (χ1n) is 3.55. The van der Waals surface area contributed by atoms with Crippen LogP contribution in [0.25, 0.3) is 0 Å². The average molecular weight is 183 g/mol. The highest BCUT2D eigenvalue weighted by molar-refractivity contribution is 5.91. The number of H-pyrrole nitrogens is 1. The van der Waals surface area contributed by atoms with Gasteiger partial charge < -0.3 is 10.1 Å². The molecule has 1 aromatic rings. The topological polar surface area (TPSA) is 84.1 Å². The van der Waals surface area contributed by atoms with Crippen LogP contribution in [0.1, 0.15) is 17.4 Å². The lowest BCUT2D eigenvalue weighted by molar-refractivity contribution is -0.114. The number of aromatic amines is 1. The van der Waals surface area contributed by atoms with Crippen LogP contribution in [-0.4, -0.2) is 29.2 Å². The lowest BCUT2D eigenvalue weighted by Gasteiger charge is -1.92. The summed E-state index contributed by atoms with van der Waals surface area (Å²) in [7, 11) is 1.27. The van der Waals surface area contributed by atoms with E-state index in [1.54, 1.807) is 0 Å². The quantitative estimate of drug-likeness (QED) is 0.639. The predicted molar refractivity (Wildman–Crippen MR) is 44.2 cm³/mol. The van der Waals surface area contributed by atoms with Gasteiger partial charge in [0.2, 0.25) is 5.91 Å². The van der Waals surface area contributed by atoms with Crippen LogP contribution in [0.2, 0.25) is 0 Å². The molecule has 0 fully saturated rings. The van der Waals surface area contributed by atoms with E-state index in [2.05, 4.69) is 20.3 Å². The molecule has 0 aliphatic rings. The van der Waals surface area contributed by atoms with Crippen molar-refractivity contribution >= 4 is 17.7 Å². The van der Waals surface area contributed by atoms with Crippen LogP contribution in [0.15, 0.2) is 6.07 Å². The number of nitrogens with one attached hydrogen (secondary N) is 2. The maximum absolute atomic E-state index is 10.9. The van der Waals surface area contributed by atoms with Gasteiger partial charge in [-0.05, 0) is 0 Å². The first-order chi connectivity index (χ1) is 6.13. The molecular formula is C7H9N3O3. The van der Waals surface area contributed by atoms with Crippen molar-refractivity contribution in [3.05, 3.63) is 11.8 Å². The maximum atomic E-state index is 10.9. The molecule has 0 radical (unpaired) electrons. The van der Waals surface area contributed by atoms with Gasteiger partial charge in [-0.25, -0.2) is 4.79 Å². The zero-order valence-electron chi connectivity index (χ0n) is 7.25. The Bertz CT molecular complexity index is 331. The van der Waals surface area contributed by atoms with Gasteiger partial charge in [0.05, 0.1) is 7.11 Å². The SMILES string of the molecule is COC(=O)c1cc(NC(C)=O)n[nH]1. The van der Waals surface area contributed by atoms with Crippen molar-refractivity contribution in [3.8, 4) is 0 Å². The number of aromatic nitrogens is 2. The van der Waals surface area contributed by atoms with Crippen LogP contribution in [0.4, 0.5) is 5.82 Å². The van der Waals surface area contributed by atoms with Crippen molar-refractivity contribution < 1.29 is 14.3 Å². The highest BCUT2D eigenvalue weighted by Gasteiger charge is 2.09. The van der Waals surface area contributed by atoms with Gasteiger partial charge in [0.1, 0.15) is 5.69 Å². The second-order valence-corrected chi connectivity index (χ2v) is 2.34. The summed E-state index contributed by atoms with van der Waals surface area (Å²) >= 11 is 0.